The third kappa shape index (κ3) is 6.57. The van der Waals surface area contributed by atoms with Crippen LogP contribution in [0.25, 0.3) is 0 Å². The monoisotopic (exact) mass is 250 g/mol. The van der Waals surface area contributed by atoms with Gasteiger partial charge in [-0.05, 0) is 33.6 Å². The van der Waals surface area contributed by atoms with E-state index in [-0.39, 0.29) is 6.17 Å². The molecule has 0 aliphatic carbocycles. The van der Waals surface area contributed by atoms with Crippen LogP contribution in [0.5, 0.6) is 0 Å². The maximum absolute atomic E-state index is 5.71. The molecule has 4 N–H and O–H groups in total. The molecule has 5 nitrogen and oxygen atoms in total. The maximum Gasteiger partial charge on any atom is 0.500 e. The molecule has 0 saturated heterocycles. The summed E-state index contributed by atoms with van der Waals surface area (Å²) in [6.07, 6.45) is 1.38. The summed E-state index contributed by atoms with van der Waals surface area (Å²) in [4.78, 5) is 0. The molecule has 6 heteroatoms. The van der Waals surface area contributed by atoms with Gasteiger partial charge in [0.05, 0.1) is 6.17 Å². The summed E-state index contributed by atoms with van der Waals surface area (Å²) < 4.78 is 17.1. The molecule has 0 rings (SSSR count). The molecule has 0 heterocycles. The predicted molar refractivity (Wildman–Crippen MR) is 66.8 cm³/mol. The zero-order valence-corrected chi connectivity index (χ0v) is 11.7. The van der Waals surface area contributed by atoms with Crippen LogP contribution in [-0.2, 0) is 13.3 Å². The maximum atomic E-state index is 5.71. The third-order valence-corrected chi connectivity index (χ3v) is 5.26. The highest BCUT2D eigenvalue weighted by molar-refractivity contribution is 6.60. The van der Waals surface area contributed by atoms with Crippen molar-refractivity contribution in [2.24, 2.45) is 11.5 Å². The molecule has 0 radical (unpaired) electrons. The summed E-state index contributed by atoms with van der Waals surface area (Å²) in [6.45, 7) is 7.69. The fraction of sp³-hybridized carbons (Fsp3) is 1.00. The van der Waals surface area contributed by atoms with Crippen molar-refractivity contribution in [2.45, 2.75) is 45.8 Å². The van der Waals surface area contributed by atoms with Crippen molar-refractivity contribution in [1.29, 1.82) is 0 Å². The minimum atomic E-state index is -2.47. The molecule has 0 amide bonds. The molecule has 0 saturated carbocycles. The Morgan fingerprint density at radius 3 is 1.69 bits per heavy atom. The number of rotatable bonds is 10. The van der Waals surface area contributed by atoms with Gasteiger partial charge in [0.25, 0.3) is 0 Å². The van der Waals surface area contributed by atoms with Crippen LogP contribution in [0.1, 0.15) is 33.6 Å². The van der Waals surface area contributed by atoms with Crippen molar-refractivity contribution in [1.82, 2.24) is 0 Å². The van der Waals surface area contributed by atoms with Crippen molar-refractivity contribution >= 4 is 8.80 Å². The average molecular weight is 250 g/mol. The standard InChI is InChI=1S/C10H26N2O3Si/c1-4-13-16(14-5-2,15-6-3)9-7-8-10(11)12/h10H,4-9,11-12H2,1-3H3. The molecule has 0 spiro atoms. The summed E-state index contributed by atoms with van der Waals surface area (Å²) in [5.74, 6) is 0. The van der Waals surface area contributed by atoms with E-state index in [4.69, 9.17) is 24.7 Å². The van der Waals surface area contributed by atoms with Gasteiger partial charge in [0, 0.05) is 25.9 Å². The summed E-state index contributed by atoms with van der Waals surface area (Å²) >= 11 is 0. The molecule has 0 aliphatic rings. The molecule has 0 aromatic rings. The second kappa shape index (κ2) is 9.09. The summed E-state index contributed by atoms with van der Waals surface area (Å²) in [7, 11) is -2.47. The van der Waals surface area contributed by atoms with Gasteiger partial charge in [0.15, 0.2) is 0 Å². The Hall–Kier alpha value is 0.0169. The highest BCUT2D eigenvalue weighted by Crippen LogP contribution is 2.19. The van der Waals surface area contributed by atoms with Gasteiger partial charge in [-0.2, -0.15) is 0 Å². The van der Waals surface area contributed by atoms with Crippen LogP contribution in [-0.4, -0.2) is 34.8 Å². The first-order valence-corrected chi connectivity index (χ1v) is 7.96. The third-order valence-electron chi connectivity index (χ3n) is 2.11. The Morgan fingerprint density at radius 1 is 0.938 bits per heavy atom. The van der Waals surface area contributed by atoms with Crippen LogP contribution in [0.4, 0.5) is 0 Å². The molecule has 0 aromatic carbocycles. The number of hydrogen-bond acceptors (Lipinski definition) is 5. The summed E-state index contributed by atoms with van der Waals surface area (Å²) in [5, 5.41) is 0. The van der Waals surface area contributed by atoms with E-state index in [1.54, 1.807) is 0 Å². The van der Waals surface area contributed by atoms with Crippen LogP contribution in [0, 0.1) is 0 Å². The van der Waals surface area contributed by atoms with Gasteiger partial charge in [-0.1, -0.05) is 0 Å². The summed E-state index contributed by atoms with van der Waals surface area (Å²) in [5.41, 5.74) is 11.0. The van der Waals surface area contributed by atoms with E-state index < -0.39 is 8.80 Å². The van der Waals surface area contributed by atoms with E-state index in [0.29, 0.717) is 19.8 Å². The van der Waals surface area contributed by atoms with Crippen molar-refractivity contribution < 1.29 is 13.3 Å². The van der Waals surface area contributed by atoms with E-state index in [9.17, 15) is 0 Å². The highest BCUT2D eigenvalue weighted by Gasteiger charge is 2.39. The first-order chi connectivity index (χ1) is 7.60. The van der Waals surface area contributed by atoms with Crippen molar-refractivity contribution in [3.8, 4) is 0 Å². The fourth-order valence-electron chi connectivity index (χ4n) is 1.56. The van der Waals surface area contributed by atoms with E-state index >= 15 is 0 Å². The van der Waals surface area contributed by atoms with Gasteiger partial charge in [-0.25, -0.2) is 0 Å². The van der Waals surface area contributed by atoms with Crippen LogP contribution < -0.4 is 11.5 Å². The molecule has 0 aliphatic heterocycles. The second-order valence-corrected chi connectivity index (χ2v) is 6.27. The van der Waals surface area contributed by atoms with Crippen LogP contribution in [0.2, 0.25) is 6.04 Å². The Morgan fingerprint density at radius 2 is 1.38 bits per heavy atom. The lowest BCUT2D eigenvalue weighted by atomic mass is 10.3. The first kappa shape index (κ1) is 16.0. The molecule has 0 bridgehead atoms. The van der Waals surface area contributed by atoms with Gasteiger partial charge in [-0.3, -0.25) is 0 Å². The van der Waals surface area contributed by atoms with Gasteiger partial charge in [-0.15, -0.1) is 0 Å². The highest BCUT2D eigenvalue weighted by atomic mass is 28.4. The van der Waals surface area contributed by atoms with E-state index in [1.807, 2.05) is 20.8 Å². The Balaban J connectivity index is 4.23. The van der Waals surface area contributed by atoms with Crippen LogP contribution in [0.3, 0.4) is 0 Å². The molecule has 0 aromatic heterocycles. The zero-order chi connectivity index (χ0) is 12.4. The molecule has 16 heavy (non-hydrogen) atoms. The summed E-state index contributed by atoms with van der Waals surface area (Å²) in [6, 6.07) is 0.785. The fourth-order valence-corrected chi connectivity index (χ4v) is 4.20. The lowest BCUT2D eigenvalue weighted by molar-refractivity contribution is 0.0706. The van der Waals surface area contributed by atoms with Crippen molar-refractivity contribution in [2.75, 3.05) is 19.8 Å². The molecular formula is C10H26N2O3Si. The van der Waals surface area contributed by atoms with Gasteiger partial charge < -0.3 is 24.7 Å². The van der Waals surface area contributed by atoms with Crippen molar-refractivity contribution in [3.63, 3.8) is 0 Å². The quantitative estimate of drug-likeness (QED) is 0.447. The molecule has 0 fully saturated rings. The SMILES string of the molecule is CCO[Si](CCCC(N)N)(OCC)OCC. The Kier molecular flexibility index (Phi) is 9.10. The smallest absolute Gasteiger partial charge is 0.374 e. The largest absolute Gasteiger partial charge is 0.500 e. The van der Waals surface area contributed by atoms with Crippen molar-refractivity contribution in [3.05, 3.63) is 0 Å². The van der Waals surface area contributed by atoms with Gasteiger partial charge in [0.1, 0.15) is 0 Å². The van der Waals surface area contributed by atoms with Crippen LogP contribution >= 0.6 is 0 Å². The zero-order valence-electron chi connectivity index (χ0n) is 10.7. The number of nitrogens with two attached hydrogens (primary N) is 2. The second-order valence-electron chi connectivity index (χ2n) is 3.54. The lowest BCUT2D eigenvalue weighted by Gasteiger charge is -2.28. The molecular weight excluding hydrogens is 224 g/mol. The van der Waals surface area contributed by atoms with E-state index in [1.165, 1.54) is 0 Å². The Bertz CT molecular complexity index is 153. The van der Waals surface area contributed by atoms with E-state index in [0.717, 1.165) is 18.9 Å². The Labute approximate surface area is 99.8 Å². The van der Waals surface area contributed by atoms with E-state index in [2.05, 4.69) is 0 Å². The van der Waals surface area contributed by atoms with Gasteiger partial charge in [0.2, 0.25) is 0 Å². The van der Waals surface area contributed by atoms with Crippen LogP contribution in [0.15, 0.2) is 0 Å². The van der Waals surface area contributed by atoms with Gasteiger partial charge >= 0.3 is 8.80 Å². The average Bonchev–Trinajstić information content (AvgIpc) is 2.18. The first-order valence-electron chi connectivity index (χ1n) is 6.03. The topological polar surface area (TPSA) is 79.7 Å². The number of hydrogen-bond donors (Lipinski definition) is 2. The normalized spacial score (nSPS) is 12.4. The molecule has 0 atom stereocenters. The lowest BCUT2D eigenvalue weighted by Crippen LogP contribution is -2.46. The minimum Gasteiger partial charge on any atom is -0.374 e. The molecule has 98 valence electrons. The molecule has 0 unspecified atom stereocenters. The predicted octanol–water partition coefficient (Wildman–Crippen LogP) is 1.06. The minimum absolute atomic E-state index is 0.267.